The first-order chi connectivity index (χ1) is 22.2. The summed E-state index contributed by atoms with van der Waals surface area (Å²) in [5.74, 6) is -1.72. The second kappa shape index (κ2) is 15.7. The smallest absolute Gasteiger partial charge is 0.726 e. The van der Waals surface area contributed by atoms with Crippen LogP contribution in [0.3, 0.4) is 0 Å². The van der Waals surface area contributed by atoms with Crippen LogP contribution in [0, 0.1) is 52.3 Å². The van der Waals surface area contributed by atoms with E-state index in [1.165, 1.54) is 0 Å². The Morgan fingerprint density at radius 3 is 2.18 bits per heavy atom. The summed E-state index contributed by atoms with van der Waals surface area (Å²) in [7, 11) is -5.25. The molecular formula is C34H59NaO13S. The summed E-state index contributed by atoms with van der Waals surface area (Å²) >= 11 is 0. The van der Waals surface area contributed by atoms with Crippen LogP contribution in [-0.2, 0) is 24.1 Å². The standard InChI is InChI=1S/C34H60O13S.Na/c1-17(2)19(10-13-45-31-28(40)26(38)23(37)16-46-31)7-6-18(3)25-27(39)29(47-48(42,43)44)30-33(25,5)12-9-24-32(4)11-8-20(35)14-21(32)22(36)15-34(24,30)41;/h17-31,35-41H,6-16H2,1-5H3,(H,42,43,44);/q;+1/p-1/t18-,19?,20+,21?,22-,23?,24?,25+,26?,27-,28?,29+,30?,31?,32+,33-,34+;/m1./s1. The maximum atomic E-state index is 12.7. The van der Waals surface area contributed by atoms with Gasteiger partial charge >= 0.3 is 29.6 Å². The molecule has 5 aliphatic rings. The van der Waals surface area contributed by atoms with Gasteiger partial charge in [-0.2, -0.15) is 0 Å². The maximum Gasteiger partial charge on any atom is 1.00 e. The van der Waals surface area contributed by atoms with Gasteiger partial charge in [0.15, 0.2) is 6.29 Å². The van der Waals surface area contributed by atoms with Crippen LogP contribution in [0.25, 0.3) is 0 Å². The third-order valence-corrected chi connectivity index (χ3v) is 14.3. The minimum atomic E-state index is -5.25. The number of hydrogen-bond donors (Lipinski definition) is 7. The van der Waals surface area contributed by atoms with E-state index < -0.39 is 87.7 Å². The molecular weight excluding hydrogens is 671 g/mol. The van der Waals surface area contributed by atoms with Crippen molar-refractivity contribution in [3.05, 3.63) is 0 Å². The molecule has 7 N–H and O–H groups in total. The molecule has 1 saturated heterocycles. The van der Waals surface area contributed by atoms with Crippen molar-refractivity contribution in [2.75, 3.05) is 13.2 Å². The molecule has 8 unspecified atom stereocenters. The maximum absolute atomic E-state index is 12.7. The van der Waals surface area contributed by atoms with E-state index in [9.17, 15) is 48.7 Å². The number of aliphatic hydroxyl groups excluding tert-OH is 6. The first kappa shape index (κ1) is 42.3. The van der Waals surface area contributed by atoms with E-state index in [1.807, 2.05) is 20.8 Å². The van der Waals surface area contributed by atoms with E-state index in [-0.39, 0.29) is 78.8 Å². The summed E-state index contributed by atoms with van der Waals surface area (Å²) in [5, 5.41) is 76.3. The Bertz CT molecular complexity index is 1230. The van der Waals surface area contributed by atoms with Crippen LogP contribution in [0.5, 0.6) is 0 Å². The molecule has 0 radical (unpaired) electrons. The van der Waals surface area contributed by atoms with E-state index in [4.69, 9.17) is 13.7 Å². The largest absolute Gasteiger partial charge is 1.00 e. The second-order valence-corrected chi connectivity index (χ2v) is 17.8. The normalized spacial score (nSPS) is 48.2. The van der Waals surface area contributed by atoms with E-state index in [2.05, 4.69) is 13.8 Å². The van der Waals surface area contributed by atoms with Crippen molar-refractivity contribution in [3.63, 3.8) is 0 Å². The number of rotatable bonds is 11. The van der Waals surface area contributed by atoms with Crippen molar-refractivity contribution in [1.82, 2.24) is 0 Å². The summed E-state index contributed by atoms with van der Waals surface area (Å²) < 4.78 is 52.5. The fourth-order valence-electron chi connectivity index (χ4n) is 11.5. The van der Waals surface area contributed by atoms with E-state index in [1.54, 1.807) is 0 Å². The molecule has 1 aliphatic heterocycles. The van der Waals surface area contributed by atoms with Crippen molar-refractivity contribution in [2.45, 2.75) is 147 Å². The molecule has 4 aliphatic carbocycles. The zero-order valence-corrected chi connectivity index (χ0v) is 32.7. The Balaban J connectivity index is 0.00000541. The number of fused-ring (bicyclic) bond motifs is 5. The molecule has 17 atom stereocenters. The monoisotopic (exact) mass is 730 g/mol. The summed E-state index contributed by atoms with van der Waals surface area (Å²) in [5.41, 5.74) is -2.92. The van der Waals surface area contributed by atoms with Crippen LogP contribution >= 0.6 is 0 Å². The zero-order chi connectivity index (χ0) is 35.6. The van der Waals surface area contributed by atoms with Crippen LogP contribution in [0.1, 0.15) is 92.4 Å². The van der Waals surface area contributed by atoms with Gasteiger partial charge in [-0.05, 0) is 91.3 Å². The van der Waals surface area contributed by atoms with Crippen LogP contribution in [0.4, 0.5) is 0 Å². The first-order valence-electron chi connectivity index (χ1n) is 17.9. The van der Waals surface area contributed by atoms with Gasteiger partial charge in [-0.25, -0.2) is 8.42 Å². The molecule has 15 heteroatoms. The van der Waals surface area contributed by atoms with Gasteiger partial charge < -0.3 is 49.8 Å². The summed E-state index contributed by atoms with van der Waals surface area (Å²) in [6.07, 6.45) is -4.59. The second-order valence-electron chi connectivity index (χ2n) is 16.8. The van der Waals surface area contributed by atoms with Crippen molar-refractivity contribution in [1.29, 1.82) is 0 Å². The quantitative estimate of drug-likeness (QED) is 0.0699. The van der Waals surface area contributed by atoms with Gasteiger partial charge in [0, 0.05) is 12.3 Å². The molecule has 0 spiro atoms. The van der Waals surface area contributed by atoms with Gasteiger partial charge in [-0.15, -0.1) is 0 Å². The average molecular weight is 731 g/mol. The Morgan fingerprint density at radius 1 is 0.898 bits per heavy atom. The molecule has 13 nitrogen and oxygen atoms in total. The molecule has 5 rings (SSSR count). The zero-order valence-electron chi connectivity index (χ0n) is 29.9. The molecule has 0 aromatic carbocycles. The molecule has 280 valence electrons. The fraction of sp³-hybridized carbons (Fsp3) is 1.00. The Labute approximate surface area is 313 Å². The predicted molar refractivity (Wildman–Crippen MR) is 170 cm³/mol. The number of ether oxygens (including phenoxy) is 2. The molecule has 0 amide bonds. The van der Waals surface area contributed by atoms with Gasteiger partial charge in [0.2, 0.25) is 10.4 Å². The van der Waals surface area contributed by atoms with Crippen molar-refractivity contribution in [3.8, 4) is 0 Å². The Morgan fingerprint density at radius 2 is 1.55 bits per heavy atom. The third-order valence-electron chi connectivity index (χ3n) is 13.8. The molecule has 5 fully saturated rings. The van der Waals surface area contributed by atoms with Crippen LogP contribution in [0.15, 0.2) is 0 Å². The molecule has 0 aromatic rings. The van der Waals surface area contributed by atoms with E-state index in [0.29, 0.717) is 44.9 Å². The topological polar surface area (TPSA) is 226 Å². The van der Waals surface area contributed by atoms with Gasteiger partial charge in [0.05, 0.1) is 37.1 Å². The Hall–Kier alpha value is 0.510. The summed E-state index contributed by atoms with van der Waals surface area (Å²) in [6, 6.07) is 0. The fourth-order valence-corrected chi connectivity index (χ4v) is 12.0. The minimum Gasteiger partial charge on any atom is -0.726 e. The van der Waals surface area contributed by atoms with Crippen molar-refractivity contribution >= 4 is 10.4 Å². The SMILES string of the molecule is CC(C)C(CCOC1OCC(O)C(O)C1O)CC[C@@H](C)[C@H]1[C@@H](O)[C@H](OS(=O)(=O)[O-])C2[C@]3(O)C[C@@H](O)C4C[C@@H](O)CC[C@]4(C)C3CC[C@@]21C.[Na+]. The van der Waals surface area contributed by atoms with E-state index >= 15 is 0 Å². The number of aliphatic hydroxyl groups is 7. The summed E-state index contributed by atoms with van der Waals surface area (Å²) in [4.78, 5) is 0. The van der Waals surface area contributed by atoms with Gasteiger partial charge in [-0.3, -0.25) is 4.18 Å². The first-order valence-corrected chi connectivity index (χ1v) is 19.3. The van der Waals surface area contributed by atoms with E-state index in [0.717, 1.165) is 6.42 Å². The van der Waals surface area contributed by atoms with Crippen LogP contribution in [-0.4, -0.2) is 117 Å². The van der Waals surface area contributed by atoms with Crippen molar-refractivity contribution in [2.24, 2.45) is 52.3 Å². The third kappa shape index (κ3) is 8.00. The van der Waals surface area contributed by atoms with Gasteiger partial charge in [-0.1, -0.05) is 41.0 Å². The van der Waals surface area contributed by atoms with Crippen LogP contribution in [0.2, 0.25) is 0 Å². The average Bonchev–Trinajstić information content (AvgIpc) is 3.20. The van der Waals surface area contributed by atoms with Crippen LogP contribution < -0.4 is 29.6 Å². The van der Waals surface area contributed by atoms with Gasteiger partial charge in [0.1, 0.15) is 24.4 Å². The minimum absolute atomic E-state index is 0. The molecule has 0 bridgehead atoms. The molecule has 4 saturated carbocycles. The van der Waals surface area contributed by atoms with Crippen molar-refractivity contribution < 1.29 is 91.9 Å². The Kier molecular flexibility index (Phi) is 13.5. The molecule has 1 heterocycles. The summed E-state index contributed by atoms with van der Waals surface area (Å²) in [6.45, 7) is 10.3. The molecule has 0 aromatic heterocycles. The molecule has 49 heavy (non-hydrogen) atoms. The van der Waals surface area contributed by atoms with Gasteiger partial charge in [0.25, 0.3) is 0 Å². The number of hydrogen-bond acceptors (Lipinski definition) is 13. The predicted octanol–water partition coefficient (Wildman–Crippen LogP) is -1.94.